The molecule has 0 atom stereocenters. The van der Waals surface area contributed by atoms with Crippen LogP contribution in [0.15, 0.2) is 18.9 Å². The molecule has 60 valence electrons. The van der Waals surface area contributed by atoms with Crippen LogP contribution in [0.5, 0.6) is 0 Å². The molecule has 1 aromatic rings. The maximum atomic E-state index is 5.41. The summed E-state index contributed by atoms with van der Waals surface area (Å²) >= 11 is 1.58. The van der Waals surface area contributed by atoms with E-state index in [1.165, 1.54) is 0 Å². The maximum absolute atomic E-state index is 5.41. The summed E-state index contributed by atoms with van der Waals surface area (Å²) in [7, 11) is 0. The first-order valence-corrected chi connectivity index (χ1v) is 4.18. The van der Waals surface area contributed by atoms with E-state index in [1.807, 2.05) is 0 Å². The third kappa shape index (κ3) is 2.32. The maximum Gasteiger partial charge on any atom is 0.183 e. The zero-order valence-corrected chi connectivity index (χ0v) is 7.03. The Morgan fingerprint density at radius 1 is 1.82 bits per heavy atom. The molecule has 0 aliphatic rings. The fourth-order valence-electron chi connectivity index (χ4n) is 0.643. The van der Waals surface area contributed by atoms with Crippen LogP contribution in [0, 0.1) is 0 Å². The van der Waals surface area contributed by atoms with Gasteiger partial charge in [0.1, 0.15) is 0 Å². The summed E-state index contributed by atoms with van der Waals surface area (Å²) in [5.41, 5.74) is 5.41. The van der Waals surface area contributed by atoms with E-state index in [1.54, 1.807) is 23.6 Å². The van der Waals surface area contributed by atoms with Crippen LogP contribution in [0.3, 0.4) is 0 Å². The van der Waals surface area contributed by atoms with Crippen molar-refractivity contribution in [3.8, 4) is 0 Å². The van der Waals surface area contributed by atoms with Gasteiger partial charge in [-0.05, 0) is 0 Å². The molecule has 0 spiro atoms. The molecular formula is C7H11N3S. The SMILES string of the molecule is C=CCNc1ncc(CN)s1. The number of anilines is 1. The van der Waals surface area contributed by atoms with E-state index in [9.17, 15) is 0 Å². The number of nitrogens with two attached hydrogens (primary N) is 1. The molecule has 0 aliphatic carbocycles. The molecule has 3 nitrogen and oxygen atoms in total. The van der Waals surface area contributed by atoms with E-state index < -0.39 is 0 Å². The van der Waals surface area contributed by atoms with Gasteiger partial charge in [-0.25, -0.2) is 4.98 Å². The van der Waals surface area contributed by atoms with Crippen molar-refractivity contribution in [3.63, 3.8) is 0 Å². The van der Waals surface area contributed by atoms with Gasteiger partial charge < -0.3 is 11.1 Å². The Labute approximate surface area is 70.0 Å². The highest BCUT2D eigenvalue weighted by atomic mass is 32.1. The normalized spacial score (nSPS) is 9.55. The number of nitrogens with one attached hydrogen (secondary N) is 1. The number of rotatable bonds is 4. The third-order valence-corrected chi connectivity index (χ3v) is 2.13. The van der Waals surface area contributed by atoms with E-state index in [-0.39, 0.29) is 0 Å². The molecule has 0 bridgehead atoms. The van der Waals surface area contributed by atoms with Crippen molar-refractivity contribution >= 4 is 16.5 Å². The minimum atomic E-state index is 0.563. The first-order chi connectivity index (χ1) is 5.36. The molecule has 11 heavy (non-hydrogen) atoms. The zero-order valence-electron chi connectivity index (χ0n) is 6.21. The molecule has 0 amide bonds. The number of hydrogen-bond donors (Lipinski definition) is 2. The number of hydrogen-bond acceptors (Lipinski definition) is 4. The average molecular weight is 169 g/mol. The molecule has 0 unspecified atom stereocenters. The lowest BCUT2D eigenvalue weighted by molar-refractivity contribution is 1.10. The highest BCUT2D eigenvalue weighted by molar-refractivity contribution is 7.15. The lowest BCUT2D eigenvalue weighted by Gasteiger charge is -1.93. The zero-order chi connectivity index (χ0) is 8.10. The van der Waals surface area contributed by atoms with Crippen LogP contribution < -0.4 is 11.1 Å². The van der Waals surface area contributed by atoms with Crippen LogP contribution in [0.1, 0.15) is 4.88 Å². The second-order valence-corrected chi connectivity index (χ2v) is 3.12. The lowest BCUT2D eigenvalue weighted by Crippen LogP contribution is -1.95. The van der Waals surface area contributed by atoms with Crippen molar-refractivity contribution in [1.29, 1.82) is 0 Å². The van der Waals surface area contributed by atoms with Crippen molar-refractivity contribution in [2.24, 2.45) is 5.73 Å². The predicted octanol–water partition coefficient (Wildman–Crippen LogP) is 1.20. The molecule has 1 heterocycles. The second kappa shape index (κ2) is 4.10. The first kappa shape index (κ1) is 8.23. The molecule has 1 aromatic heterocycles. The van der Waals surface area contributed by atoms with Gasteiger partial charge in [0.15, 0.2) is 5.13 Å². The van der Waals surface area contributed by atoms with Gasteiger partial charge in [0.25, 0.3) is 0 Å². The topological polar surface area (TPSA) is 50.9 Å². The first-order valence-electron chi connectivity index (χ1n) is 3.36. The Hall–Kier alpha value is -0.870. The van der Waals surface area contributed by atoms with E-state index in [4.69, 9.17) is 5.73 Å². The van der Waals surface area contributed by atoms with Gasteiger partial charge >= 0.3 is 0 Å². The standard InChI is InChI=1S/C7H11N3S/c1-2-3-9-7-10-5-6(4-8)11-7/h2,5H,1,3-4,8H2,(H,9,10). The highest BCUT2D eigenvalue weighted by Gasteiger charge is 1.96. The van der Waals surface area contributed by atoms with Gasteiger partial charge in [0.2, 0.25) is 0 Å². The largest absolute Gasteiger partial charge is 0.358 e. The van der Waals surface area contributed by atoms with Gasteiger partial charge in [-0.3, -0.25) is 0 Å². The Morgan fingerprint density at radius 3 is 3.18 bits per heavy atom. The van der Waals surface area contributed by atoms with Gasteiger partial charge in [-0.1, -0.05) is 6.08 Å². The minimum absolute atomic E-state index is 0.563. The van der Waals surface area contributed by atoms with Crippen LogP contribution in [-0.2, 0) is 6.54 Å². The van der Waals surface area contributed by atoms with Gasteiger partial charge in [0.05, 0.1) is 0 Å². The van der Waals surface area contributed by atoms with Crippen molar-refractivity contribution in [2.45, 2.75) is 6.54 Å². The molecular weight excluding hydrogens is 158 g/mol. The minimum Gasteiger partial charge on any atom is -0.358 e. The van der Waals surface area contributed by atoms with Gasteiger partial charge in [-0.2, -0.15) is 0 Å². The molecule has 0 radical (unpaired) electrons. The number of aromatic nitrogens is 1. The average Bonchev–Trinajstić information content (AvgIpc) is 2.48. The fraction of sp³-hybridized carbons (Fsp3) is 0.286. The molecule has 0 aliphatic heterocycles. The lowest BCUT2D eigenvalue weighted by atomic mass is 10.6. The summed E-state index contributed by atoms with van der Waals surface area (Å²) in [5, 5.41) is 3.99. The fourth-order valence-corrected chi connectivity index (χ4v) is 1.34. The van der Waals surface area contributed by atoms with Crippen molar-refractivity contribution < 1.29 is 0 Å². The highest BCUT2D eigenvalue weighted by Crippen LogP contribution is 2.16. The summed E-state index contributed by atoms with van der Waals surface area (Å²) in [6, 6.07) is 0. The monoisotopic (exact) mass is 169 g/mol. The Morgan fingerprint density at radius 2 is 2.64 bits per heavy atom. The van der Waals surface area contributed by atoms with E-state index in [0.717, 1.165) is 16.6 Å². The molecule has 0 saturated carbocycles. The molecule has 4 heteroatoms. The summed E-state index contributed by atoms with van der Waals surface area (Å²) in [4.78, 5) is 5.20. The van der Waals surface area contributed by atoms with Crippen LogP contribution in [-0.4, -0.2) is 11.5 Å². The summed E-state index contributed by atoms with van der Waals surface area (Å²) in [6.07, 6.45) is 3.58. The second-order valence-electron chi connectivity index (χ2n) is 2.01. The van der Waals surface area contributed by atoms with Crippen LogP contribution in [0.2, 0.25) is 0 Å². The predicted molar refractivity (Wildman–Crippen MR) is 48.7 cm³/mol. The van der Waals surface area contributed by atoms with Crippen molar-refractivity contribution in [1.82, 2.24) is 4.98 Å². The number of nitrogens with zero attached hydrogens (tertiary/aromatic N) is 1. The van der Waals surface area contributed by atoms with Gasteiger partial charge in [0, 0.05) is 24.2 Å². The molecule has 3 N–H and O–H groups in total. The Bertz CT molecular complexity index is 231. The molecule has 0 aromatic carbocycles. The Balaban J connectivity index is 2.50. The van der Waals surface area contributed by atoms with Gasteiger partial charge in [-0.15, -0.1) is 17.9 Å². The third-order valence-electron chi connectivity index (χ3n) is 1.15. The number of thiazole rings is 1. The van der Waals surface area contributed by atoms with Crippen molar-refractivity contribution in [2.75, 3.05) is 11.9 Å². The van der Waals surface area contributed by atoms with Crippen molar-refractivity contribution in [3.05, 3.63) is 23.7 Å². The molecule has 0 saturated heterocycles. The van der Waals surface area contributed by atoms with E-state index >= 15 is 0 Å². The molecule has 1 rings (SSSR count). The summed E-state index contributed by atoms with van der Waals surface area (Å²) in [5.74, 6) is 0. The quantitative estimate of drug-likeness (QED) is 0.666. The van der Waals surface area contributed by atoms with E-state index in [0.29, 0.717) is 6.54 Å². The smallest absolute Gasteiger partial charge is 0.183 e. The van der Waals surface area contributed by atoms with Crippen LogP contribution in [0.25, 0.3) is 0 Å². The Kier molecular flexibility index (Phi) is 3.07. The molecule has 0 fully saturated rings. The van der Waals surface area contributed by atoms with Crippen LogP contribution in [0.4, 0.5) is 5.13 Å². The summed E-state index contributed by atoms with van der Waals surface area (Å²) in [6.45, 7) is 4.90. The summed E-state index contributed by atoms with van der Waals surface area (Å²) < 4.78 is 0. The van der Waals surface area contributed by atoms with Crippen LogP contribution >= 0.6 is 11.3 Å². The van der Waals surface area contributed by atoms with E-state index in [2.05, 4.69) is 16.9 Å².